The van der Waals surface area contributed by atoms with E-state index in [9.17, 15) is 13.5 Å². The lowest BCUT2D eigenvalue weighted by molar-refractivity contribution is 0.172. The average Bonchev–Trinajstić information content (AvgIpc) is 2.39. The number of benzene rings is 1. The molecule has 0 saturated heterocycles. The maximum atomic E-state index is 11.6. The van der Waals surface area contributed by atoms with Gasteiger partial charge in [-0.1, -0.05) is 31.4 Å². The average molecular weight is 284 g/mol. The molecule has 0 bridgehead atoms. The Morgan fingerprint density at radius 2 is 1.84 bits per heavy atom. The number of rotatable bonds is 4. The van der Waals surface area contributed by atoms with Crippen LogP contribution in [-0.4, -0.2) is 25.7 Å². The molecule has 0 radical (unpaired) electrons. The van der Waals surface area contributed by atoms with Crippen LogP contribution in [0.2, 0.25) is 0 Å². The Kier molecular flexibility index (Phi) is 4.13. The Morgan fingerprint density at radius 3 is 2.42 bits per heavy atom. The first-order chi connectivity index (χ1) is 8.97. The van der Waals surface area contributed by atoms with Crippen LogP contribution in [0.25, 0.3) is 0 Å². The molecule has 1 aliphatic carbocycles. The highest BCUT2D eigenvalue weighted by Gasteiger charge is 2.32. The van der Waals surface area contributed by atoms with E-state index in [1.807, 2.05) is 0 Å². The predicted octanol–water partition coefficient (Wildman–Crippen LogP) is 1.44. The normalized spacial score (nSPS) is 19.1. The molecular formula is C13H20N2O3S. The third kappa shape index (κ3) is 3.26. The summed E-state index contributed by atoms with van der Waals surface area (Å²) in [5.41, 5.74) is 0.0416. The van der Waals surface area contributed by atoms with E-state index in [4.69, 9.17) is 5.14 Å². The number of sulfonamides is 1. The SMILES string of the molecule is NS(=O)(=O)c1ccccc1NC1(CO)CCCCC1. The van der Waals surface area contributed by atoms with Crippen molar-refractivity contribution in [2.75, 3.05) is 11.9 Å². The van der Waals surface area contributed by atoms with Gasteiger partial charge in [0.2, 0.25) is 10.0 Å². The molecule has 4 N–H and O–H groups in total. The molecule has 2 rings (SSSR count). The fourth-order valence-electron chi connectivity index (χ4n) is 2.65. The molecule has 6 heteroatoms. The maximum Gasteiger partial charge on any atom is 0.240 e. The van der Waals surface area contributed by atoms with Crippen molar-refractivity contribution >= 4 is 15.7 Å². The molecule has 0 atom stereocenters. The van der Waals surface area contributed by atoms with Crippen molar-refractivity contribution in [1.82, 2.24) is 0 Å². The summed E-state index contributed by atoms with van der Waals surface area (Å²) in [5.74, 6) is 0. The van der Waals surface area contributed by atoms with Crippen LogP contribution >= 0.6 is 0 Å². The van der Waals surface area contributed by atoms with Gasteiger partial charge in [-0.25, -0.2) is 13.6 Å². The number of anilines is 1. The molecule has 0 aromatic heterocycles. The number of hydrogen-bond donors (Lipinski definition) is 3. The zero-order valence-electron chi connectivity index (χ0n) is 10.8. The van der Waals surface area contributed by atoms with Gasteiger partial charge in [-0.05, 0) is 25.0 Å². The molecule has 1 aromatic rings. The van der Waals surface area contributed by atoms with Crippen LogP contribution in [0.4, 0.5) is 5.69 Å². The number of nitrogens with one attached hydrogen (secondary N) is 1. The van der Waals surface area contributed by atoms with E-state index < -0.39 is 15.6 Å². The summed E-state index contributed by atoms with van der Waals surface area (Å²) in [5, 5.41) is 18.1. The van der Waals surface area contributed by atoms with E-state index in [0.29, 0.717) is 5.69 Å². The second kappa shape index (κ2) is 5.48. The Bertz CT molecular complexity index is 537. The molecule has 106 valence electrons. The molecular weight excluding hydrogens is 264 g/mol. The molecule has 0 aliphatic heterocycles. The minimum Gasteiger partial charge on any atom is -0.394 e. The summed E-state index contributed by atoms with van der Waals surface area (Å²) < 4.78 is 23.1. The molecule has 1 aromatic carbocycles. The van der Waals surface area contributed by atoms with Crippen molar-refractivity contribution in [2.45, 2.75) is 42.5 Å². The largest absolute Gasteiger partial charge is 0.394 e. The van der Waals surface area contributed by atoms with Crippen LogP contribution in [0.5, 0.6) is 0 Å². The number of hydrogen-bond acceptors (Lipinski definition) is 4. The molecule has 0 amide bonds. The molecule has 0 unspecified atom stereocenters. The quantitative estimate of drug-likeness (QED) is 0.780. The molecule has 5 nitrogen and oxygen atoms in total. The number of primary sulfonamides is 1. The minimum absolute atomic E-state index is 0.00798. The van der Waals surface area contributed by atoms with Gasteiger partial charge in [0.05, 0.1) is 17.8 Å². The van der Waals surface area contributed by atoms with Gasteiger partial charge in [0.25, 0.3) is 0 Å². The summed E-state index contributed by atoms with van der Waals surface area (Å²) in [4.78, 5) is 0.0772. The second-order valence-electron chi connectivity index (χ2n) is 5.17. The lowest BCUT2D eigenvalue weighted by Crippen LogP contribution is -2.44. The molecule has 1 saturated carbocycles. The van der Waals surface area contributed by atoms with Crippen molar-refractivity contribution in [1.29, 1.82) is 0 Å². The zero-order valence-corrected chi connectivity index (χ0v) is 11.6. The maximum absolute atomic E-state index is 11.6. The highest BCUT2D eigenvalue weighted by molar-refractivity contribution is 7.89. The van der Waals surface area contributed by atoms with Gasteiger partial charge in [-0.3, -0.25) is 0 Å². The van der Waals surface area contributed by atoms with Crippen molar-refractivity contribution in [2.24, 2.45) is 5.14 Å². The monoisotopic (exact) mass is 284 g/mol. The van der Waals surface area contributed by atoms with E-state index in [0.717, 1.165) is 32.1 Å². The van der Waals surface area contributed by atoms with Gasteiger partial charge in [-0.2, -0.15) is 0 Å². The second-order valence-corrected chi connectivity index (χ2v) is 6.70. The van der Waals surface area contributed by atoms with Crippen LogP contribution in [0.15, 0.2) is 29.2 Å². The first-order valence-corrected chi connectivity index (χ1v) is 8.02. The van der Waals surface area contributed by atoms with E-state index in [-0.39, 0.29) is 11.5 Å². The molecule has 0 heterocycles. The highest BCUT2D eigenvalue weighted by atomic mass is 32.2. The summed E-state index contributed by atoms with van der Waals surface area (Å²) >= 11 is 0. The highest BCUT2D eigenvalue weighted by Crippen LogP contribution is 2.33. The third-order valence-electron chi connectivity index (χ3n) is 3.71. The van der Waals surface area contributed by atoms with Crippen LogP contribution in [0.3, 0.4) is 0 Å². The Hall–Kier alpha value is -1.11. The molecule has 1 fully saturated rings. The van der Waals surface area contributed by atoms with Crippen molar-refractivity contribution in [3.63, 3.8) is 0 Å². The lowest BCUT2D eigenvalue weighted by Gasteiger charge is -2.37. The summed E-state index contributed by atoms with van der Waals surface area (Å²) in [6.45, 7) is -0.00798. The number of aliphatic hydroxyl groups is 1. The van der Waals surface area contributed by atoms with Gasteiger partial charge in [0, 0.05) is 0 Å². The van der Waals surface area contributed by atoms with Crippen LogP contribution in [0.1, 0.15) is 32.1 Å². The van der Waals surface area contributed by atoms with E-state index in [1.165, 1.54) is 6.07 Å². The Labute approximate surface area is 113 Å². The van der Waals surface area contributed by atoms with Crippen molar-refractivity contribution in [3.8, 4) is 0 Å². The summed E-state index contributed by atoms with van der Waals surface area (Å²) in [6, 6.07) is 6.56. The van der Waals surface area contributed by atoms with Crippen molar-refractivity contribution < 1.29 is 13.5 Å². The standard InChI is InChI=1S/C13H20N2O3S/c14-19(17,18)12-7-3-2-6-11(12)15-13(10-16)8-4-1-5-9-13/h2-3,6-7,15-16H,1,4-5,8-10H2,(H2,14,17,18). The molecule has 0 spiro atoms. The van der Waals surface area contributed by atoms with Gasteiger partial charge in [0.1, 0.15) is 4.90 Å². The smallest absolute Gasteiger partial charge is 0.240 e. The van der Waals surface area contributed by atoms with Gasteiger partial charge in [-0.15, -0.1) is 0 Å². The zero-order chi connectivity index (χ0) is 13.9. The van der Waals surface area contributed by atoms with Gasteiger partial charge < -0.3 is 10.4 Å². The third-order valence-corrected chi connectivity index (χ3v) is 4.68. The lowest BCUT2D eigenvalue weighted by atomic mass is 9.82. The van der Waals surface area contributed by atoms with E-state index in [1.54, 1.807) is 18.2 Å². The first-order valence-electron chi connectivity index (χ1n) is 6.48. The molecule has 19 heavy (non-hydrogen) atoms. The van der Waals surface area contributed by atoms with Crippen LogP contribution < -0.4 is 10.5 Å². The fourth-order valence-corrected chi connectivity index (χ4v) is 3.35. The fraction of sp³-hybridized carbons (Fsp3) is 0.538. The van der Waals surface area contributed by atoms with Gasteiger partial charge >= 0.3 is 0 Å². The summed E-state index contributed by atoms with van der Waals surface area (Å²) in [7, 11) is -3.76. The number of para-hydroxylation sites is 1. The predicted molar refractivity (Wildman–Crippen MR) is 74.3 cm³/mol. The van der Waals surface area contributed by atoms with Crippen LogP contribution in [-0.2, 0) is 10.0 Å². The Balaban J connectivity index is 2.32. The Morgan fingerprint density at radius 1 is 1.21 bits per heavy atom. The summed E-state index contributed by atoms with van der Waals surface area (Å²) in [6.07, 6.45) is 4.89. The number of aliphatic hydroxyl groups excluding tert-OH is 1. The number of nitrogens with two attached hydrogens (primary N) is 1. The van der Waals surface area contributed by atoms with Crippen LogP contribution in [0, 0.1) is 0 Å². The first kappa shape index (κ1) is 14.3. The topological polar surface area (TPSA) is 92.4 Å². The van der Waals surface area contributed by atoms with Gasteiger partial charge in [0.15, 0.2) is 0 Å². The van der Waals surface area contributed by atoms with Crippen molar-refractivity contribution in [3.05, 3.63) is 24.3 Å². The van der Waals surface area contributed by atoms with E-state index in [2.05, 4.69) is 5.32 Å². The van der Waals surface area contributed by atoms with E-state index >= 15 is 0 Å². The molecule has 1 aliphatic rings. The minimum atomic E-state index is -3.76.